The predicted molar refractivity (Wildman–Crippen MR) is 99.5 cm³/mol. The smallest absolute Gasteiger partial charge is 0.282 e. The van der Waals surface area contributed by atoms with Crippen molar-refractivity contribution in [3.05, 3.63) is 18.0 Å². The van der Waals surface area contributed by atoms with Gasteiger partial charge in [0.1, 0.15) is 17.5 Å². The first kappa shape index (κ1) is 20.3. The van der Waals surface area contributed by atoms with Crippen LogP contribution in [0.4, 0.5) is 14.5 Å². The lowest BCUT2D eigenvalue weighted by Crippen LogP contribution is -2.56. The summed E-state index contributed by atoms with van der Waals surface area (Å²) in [7, 11) is 0. The van der Waals surface area contributed by atoms with Gasteiger partial charge in [0.2, 0.25) is 5.91 Å². The Labute approximate surface area is 162 Å². The Morgan fingerprint density at radius 1 is 1.39 bits per heavy atom. The normalized spacial score (nSPS) is 19.5. The molecule has 2 aliphatic rings. The van der Waals surface area contributed by atoms with Crippen molar-refractivity contribution in [3.8, 4) is 5.75 Å². The van der Waals surface area contributed by atoms with Gasteiger partial charge in [0, 0.05) is 6.07 Å². The van der Waals surface area contributed by atoms with Crippen LogP contribution in [0.5, 0.6) is 5.75 Å². The van der Waals surface area contributed by atoms with Crippen LogP contribution in [0.25, 0.3) is 0 Å². The number of nitrogens with one attached hydrogen (secondary N) is 1. The molecule has 28 heavy (non-hydrogen) atoms. The standard InChI is InChI=1S/C19H26F2N4O3/c1-18(2,3)15(16(22)26)24-17(27)12-6-14(28-8-11-4-5-11)13(7-23-12)25-9-19(20,21)10-25/h6-7,11,15H,4-5,8-10H2,1-3H3,(H2,22,26)(H,24,27)/t15-/m0/s1. The Bertz CT molecular complexity index is 767. The number of hydrogen-bond acceptors (Lipinski definition) is 5. The van der Waals surface area contributed by atoms with Gasteiger partial charge in [-0.15, -0.1) is 0 Å². The van der Waals surface area contributed by atoms with E-state index in [0.717, 1.165) is 12.8 Å². The molecule has 3 rings (SSSR count). The SMILES string of the molecule is CC(C)(C)[C@@H](NC(=O)c1cc(OCC2CC2)c(N2CC(F)(F)C2)cn1)C(N)=O. The lowest BCUT2D eigenvalue weighted by molar-refractivity contribution is -0.122. The molecule has 0 aromatic carbocycles. The molecule has 1 saturated heterocycles. The topological polar surface area (TPSA) is 97.6 Å². The average Bonchev–Trinajstić information content (AvgIpc) is 3.38. The average molecular weight is 396 g/mol. The summed E-state index contributed by atoms with van der Waals surface area (Å²) in [6, 6.07) is 0.552. The fourth-order valence-corrected chi connectivity index (χ4v) is 3.00. The highest BCUT2D eigenvalue weighted by Gasteiger charge is 2.45. The van der Waals surface area contributed by atoms with Gasteiger partial charge in [0.25, 0.3) is 11.8 Å². The second-order valence-electron chi connectivity index (χ2n) is 8.68. The molecular formula is C19H26F2N4O3. The maximum absolute atomic E-state index is 13.3. The van der Waals surface area contributed by atoms with Crippen molar-refractivity contribution in [1.82, 2.24) is 10.3 Å². The zero-order valence-electron chi connectivity index (χ0n) is 16.3. The number of aromatic nitrogens is 1. The number of rotatable bonds is 7. The Morgan fingerprint density at radius 2 is 2.04 bits per heavy atom. The highest BCUT2D eigenvalue weighted by atomic mass is 19.3. The minimum atomic E-state index is -2.73. The number of halogens is 2. The zero-order chi connectivity index (χ0) is 20.7. The number of primary amides is 1. The van der Waals surface area contributed by atoms with Crippen LogP contribution in [0, 0.1) is 11.3 Å². The van der Waals surface area contributed by atoms with E-state index in [-0.39, 0.29) is 5.69 Å². The van der Waals surface area contributed by atoms with Crippen LogP contribution in [-0.4, -0.2) is 48.5 Å². The molecule has 0 unspecified atom stereocenters. The van der Waals surface area contributed by atoms with Crippen molar-refractivity contribution in [2.75, 3.05) is 24.6 Å². The Hall–Kier alpha value is -2.45. The van der Waals surface area contributed by atoms with Crippen molar-refractivity contribution in [3.63, 3.8) is 0 Å². The second kappa shape index (κ2) is 7.18. The van der Waals surface area contributed by atoms with Crippen LogP contribution in [0.3, 0.4) is 0 Å². The molecule has 2 amide bonds. The van der Waals surface area contributed by atoms with Crippen LogP contribution in [-0.2, 0) is 4.79 Å². The van der Waals surface area contributed by atoms with Crippen LogP contribution in [0.1, 0.15) is 44.1 Å². The first-order valence-corrected chi connectivity index (χ1v) is 9.32. The van der Waals surface area contributed by atoms with Gasteiger partial charge in [-0.3, -0.25) is 9.59 Å². The summed E-state index contributed by atoms with van der Waals surface area (Å²) >= 11 is 0. The number of hydrogen-bond donors (Lipinski definition) is 2. The van der Waals surface area contributed by atoms with Gasteiger partial charge < -0.3 is 20.7 Å². The molecule has 154 valence electrons. The fourth-order valence-electron chi connectivity index (χ4n) is 3.00. The van der Waals surface area contributed by atoms with Gasteiger partial charge in [-0.05, 0) is 24.2 Å². The van der Waals surface area contributed by atoms with Gasteiger partial charge in [-0.1, -0.05) is 20.8 Å². The number of carbonyl (C=O) groups is 2. The van der Waals surface area contributed by atoms with Gasteiger partial charge >= 0.3 is 0 Å². The third-order valence-corrected chi connectivity index (χ3v) is 4.86. The molecule has 2 fully saturated rings. The summed E-state index contributed by atoms with van der Waals surface area (Å²) in [6.45, 7) is 5.00. The molecule has 1 aliphatic heterocycles. The van der Waals surface area contributed by atoms with Crippen molar-refractivity contribution in [2.24, 2.45) is 17.1 Å². The zero-order valence-corrected chi connectivity index (χ0v) is 16.3. The van der Waals surface area contributed by atoms with E-state index in [4.69, 9.17) is 10.5 Å². The molecule has 1 atom stereocenters. The fraction of sp³-hybridized carbons (Fsp3) is 0.632. The predicted octanol–water partition coefficient (Wildman–Crippen LogP) is 1.96. The molecule has 1 aromatic heterocycles. The third kappa shape index (κ3) is 4.69. The maximum Gasteiger partial charge on any atom is 0.282 e. The monoisotopic (exact) mass is 396 g/mol. The number of nitrogens with zero attached hydrogens (tertiary/aromatic N) is 2. The number of carbonyl (C=O) groups excluding carboxylic acids is 2. The second-order valence-corrected chi connectivity index (χ2v) is 8.68. The van der Waals surface area contributed by atoms with Crippen LogP contribution in [0.2, 0.25) is 0 Å². The van der Waals surface area contributed by atoms with Crippen LogP contribution in [0.15, 0.2) is 12.3 Å². The molecule has 1 saturated carbocycles. The molecule has 0 spiro atoms. The molecule has 0 radical (unpaired) electrons. The summed E-state index contributed by atoms with van der Waals surface area (Å²) in [5.41, 5.74) is 5.31. The maximum atomic E-state index is 13.3. The minimum Gasteiger partial charge on any atom is -0.491 e. The highest BCUT2D eigenvalue weighted by molar-refractivity contribution is 5.96. The van der Waals surface area contributed by atoms with E-state index in [1.54, 1.807) is 20.8 Å². The first-order valence-electron chi connectivity index (χ1n) is 9.32. The van der Waals surface area contributed by atoms with Gasteiger partial charge in [-0.2, -0.15) is 0 Å². The molecule has 3 N–H and O–H groups in total. The Balaban J connectivity index is 1.79. The van der Waals surface area contributed by atoms with Crippen LogP contribution >= 0.6 is 0 Å². The van der Waals surface area contributed by atoms with E-state index >= 15 is 0 Å². The van der Waals surface area contributed by atoms with Crippen molar-refractivity contribution in [1.29, 1.82) is 0 Å². The summed E-state index contributed by atoms with van der Waals surface area (Å²) in [5, 5.41) is 2.60. The van der Waals surface area contributed by atoms with Crippen molar-refractivity contribution >= 4 is 17.5 Å². The van der Waals surface area contributed by atoms with E-state index < -0.39 is 42.3 Å². The van der Waals surface area contributed by atoms with E-state index in [2.05, 4.69) is 10.3 Å². The van der Waals surface area contributed by atoms with Gasteiger partial charge in [0.05, 0.1) is 31.6 Å². The van der Waals surface area contributed by atoms with E-state index in [1.807, 2.05) is 0 Å². The van der Waals surface area contributed by atoms with E-state index in [1.165, 1.54) is 17.2 Å². The molecule has 0 bridgehead atoms. The summed E-state index contributed by atoms with van der Waals surface area (Å²) in [5.74, 6) is -3.16. The number of alkyl halides is 2. The molecule has 2 heterocycles. The molecule has 9 heteroatoms. The summed E-state index contributed by atoms with van der Waals surface area (Å²) < 4.78 is 32.3. The lowest BCUT2D eigenvalue weighted by Gasteiger charge is -2.40. The summed E-state index contributed by atoms with van der Waals surface area (Å²) in [6.07, 6.45) is 3.51. The van der Waals surface area contributed by atoms with E-state index in [9.17, 15) is 18.4 Å². The first-order chi connectivity index (χ1) is 13.0. The molecule has 1 aliphatic carbocycles. The molecular weight excluding hydrogens is 370 g/mol. The molecule has 7 nitrogen and oxygen atoms in total. The summed E-state index contributed by atoms with van der Waals surface area (Å²) in [4.78, 5) is 29.9. The largest absolute Gasteiger partial charge is 0.491 e. The number of amides is 2. The lowest BCUT2D eigenvalue weighted by atomic mass is 9.86. The number of pyridine rings is 1. The van der Waals surface area contributed by atoms with Crippen LogP contribution < -0.4 is 20.7 Å². The van der Waals surface area contributed by atoms with E-state index in [0.29, 0.717) is 24.0 Å². The number of ether oxygens (including phenoxy) is 1. The Morgan fingerprint density at radius 3 is 2.54 bits per heavy atom. The number of anilines is 1. The van der Waals surface area contributed by atoms with Crippen molar-refractivity contribution < 1.29 is 23.1 Å². The number of nitrogens with two attached hydrogens (primary N) is 1. The minimum absolute atomic E-state index is 0.0392. The quantitative estimate of drug-likeness (QED) is 0.734. The van der Waals surface area contributed by atoms with Gasteiger partial charge in [-0.25, -0.2) is 13.8 Å². The van der Waals surface area contributed by atoms with Gasteiger partial charge in [0.15, 0.2) is 0 Å². The molecule has 1 aromatic rings. The highest BCUT2D eigenvalue weighted by Crippen LogP contribution is 2.38. The van der Waals surface area contributed by atoms with Crippen molar-refractivity contribution in [2.45, 2.75) is 45.6 Å². The third-order valence-electron chi connectivity index (χ3n) is 4.86. The Kier molecular flexibility index (Phi) is 5.20.